The molecule has 0 aromatic heterocycles. The molecule has 1 atom stereocenters. The number of anilines is 1. The Hall–Kier alpha value is -2.31. The number of hydrogen-bond donors (Lipinski definition) is 0. The van der Waals surface area contributed by atoms with Crippen molar-refractivity contribution in [1.82, 2.24) is 4.67 Å². The van der Waals surface area contributed by atoms with Crippen LogP contribution in [0.25, 0.3) is 0 Å². The van der Waals surface area contributed by atoms with Crippen LogP contribution in [0.15, 0.2) is 70.6 Å². The van der Waals surface area contributed by atoms with Gasteiger partial charge in [0.2, 0.25) is 12.3 Å². The van der Waals surface area contributed by atoms with Gasteiger partial charge in [0.15, 0.2) is 0 Å². The number of likely N-dealkylation sites (N-methyl/N-ethyl adjacent to an activating group) is 1. The summed E-state index contributed by atoms with van der Waals surface area (Å²) in [6.45, 7) is 6.66. The zero-order valence-corrected chi connectivity index (χ0v) is 20.2. The van der Waals surface area contributed by atoms with Crippen LogP contribution in [0.4, 0.5) is 5.69 Å². The highest BCUT2D eigenvalue weighted by Crippen LogP contribution is 2.65. The zero-order valence-electron chi connectivity index (χ0n) is 18.4. The van der Waals surface area contributed by atoms with Gasteiger partial charge in [-0.05, 0) is 35.6 Å². The molecule has 32 heavy (non-hydrogen) atoms. The first kappa shape index (κ1) is 21.5. The van der Waals surface area contributed by atoms with Gasteiger partial charge in [-0.1, -0.05) is 50.2 Å². The van der Waals surface area contributed by atoms with Crippen LogP contribution >= 0.6 is 6.42 Å². The summed E-state index contributed by atoms with van der Waals surface area (Å²) < 4.78 is 14.3. The lowest BCUT2D eigenvalue weighted by Crippen LogP contribution is -2.39. The summed E-state index contributed by atoms with van der Waals surface area (Å²) in [4.78, 5) is 20.3. The highest BCUT2D eigenvalue weighted by molar-refractivity contribution is 8.13. The molecule has 0 bridgehead atoms. The SMILES string of the molecule is CN1C(=C2C(=O)N=C(c3ccccc3)OP2(=S)N2CCOCC2)C(C)(C)c2ccccc21. The van der Waals surface area contributed by atoms with Crippen LogP contribution in [-0.4, -0.2) is 49.8 Å². The second-order valence-corrected chi connectivity index (χ2v) is 12.4. The number of para-hydroxylation sites is 1. The van der Waals surface area contributed by atoms with E-state index in [9.17, 15) is 4.79 Å². The lowest BCUT2D eigenvalue weighted by molar-refractivity contribution is -0.114. The van der Waals surface area contributed by atoms with Crippen molar-refractivity contribution in [2.45, 2.75) is 19.3 Å². The lowest BCUT2D eigenvalue weighted by Gasteiger charge is -2.41. The minimum absolute atomic E-state index is 0.298. The Labute approximate surface area is 193 Å². The zero-order chi connectivity index (χ0) is 22.5. The fourth-order valence-corrected chi connectivity index (χ4v) is 8.56. The summed E-state index contributed by atoms with van der Waals surface area (Å²) in [5.41, 5.74) is 3.48. The normalized spacial score (nSPS) is 27.7. The standard InChI is InChI=1S/C24H26N3O3PS/c1-24(2)18-11-7-8-12-19(18)26(3)21(24)20-22(28)25-23(17-9-5-4-6-10-17)30-31(20,32)27-13-15-29-16-14-27/h4-12H,13-16H2,1-3H3. The number of aliphatic imine (C=N–C) groups is 1. The van der Waals surface area contributed by atoms with E-state index in [1.54, 1.807) is 0 Å². The van der Waals surface area contributed by atoms with Crippen LogP contribution in [0.3, 0.4) is 0 Å². The van der Waals surface area contributed by atoms with Crippen LogP contribution in [0.1, 0.15) is 25.0 Å². The molecule has 166 valence electrons. The van der Waals surface area contributed by atoms with Gasteiger partial charge in [0.25, 0.3) is 5.91 Å². The van der Waals surface area contributed by atoms with Crippen molar-refractivity contribution in [2.24, 2.45) is 4.99 Å². The second-order valence-electron chi connectivity index (χ2n) is 8.66. The van der Waals surface area contributed by atoms with E-state index < -0.39 is 11.8 Å². The van der Waals surface area contributed by atoms with Crippen LogP contribution in [0.5, 0.6) is 0 Å². The van der Waals surface area contributed by atoms with E-state index in [-0.39, 0.29) is 5.91 Å². The number of fused-ring (bicyclic) bond motifs is 1. The molecule has 2 aromatic carbocycles. The van der Waals surface area contributed by atoms with Gasteiger partial charge in [-0.15, -0.1) is 0 Å². The number of carbonyl (C=O) groups excluding carboxylic acids is 1. The summed E-state index contributed by atoms with van der Waals surface area (Å²) in [6, 6.07) is 17.8. The fraction of sp³-hybridized carbons (Fsp3) is 0.333. The number of amides is 1. The Bertz CT molecular complexity index is 1190. The third kappa shape index (κ3) is 3.27. The van der Waals surface area contributed by atoms with E-state index in [4.69, 9.17) is 21.1 Å². The first-order valence-corrected chi connectivity index (χ1v) is 13.4. The molecule has 1 fully saturated rings. The number of rotatable bonds is 2. The number of carbonyl (C=O) groups is 1. The maximum Gasteiger partial charge on any atom is 0.287 e. The summed E-state index contributed by atoms with van der Waals surface area (Å²) >= 11 is 6.33. The fourth-order valence-electron chi connectivity index (χ4n) is 4.82. The van der Waals surface area contributed by atoms with Gasteiger partial charge in [0, 0.05) is 42.5 Å². The van der Waals surface area contributed by atoms with Crippen molar-refractivity contribution < 1.29 is 14.1 Å². The predicted octanol–water partition coefficient (Wildman–Crippen LogP) is 4.27. The highest BCUT2D eigenvalue weighted by Gasteiger charge is 2.50. The lowest BCUT2D eigenvalue weighted by atomic mass is 9.83. The molecule has 6 nitrogen and oxygen atoms in total. The maximum absolute atomic E-state index is 13.8. The largest absolute Gasteiger partial charge is 0.430 e. The number of benzene rings is 2. The molecule has 8 heteroatoms. The topological polar surface area (TPSA) is 54.4 Å². The second kappa shape index (κ2) is 7.92. The van der Waals surface area contributed by atoms with Gasteiger partial charge in [0.1, 0.15) is 5.31 Å². The van der Waals surface area contributed by atoms with Gasteiger partial charge in [-0.25, -0.2) is 4.67 Å². The average molecular weight is 468 g/mol. The molecule has 1 unspecified atom stereocenters. The van der Waals surface area contributed by atoms with E-state index in [0.29, 0.717) is 37.5 Å². The van der Waals surface area contributed by atoms with Crippen LogP contribution in [0.2, 0.25) is 0 Å². The molecule has 3 aliphatic heterocycles. The molecule has 1 saturated heterocycles. The third-order valence-corrected chi connectivity index (χ3v) is 10.4. The van der Waals surface area contributed by atoms with Crippen LogP contribution in [0, 0.1) is 0 Å². The average Bonchev–Trinajstić information content (AvgIpc) is 3.01. The number of hydrogen-bond acceptors (Lipinski definition) is 5. The summed E-state index contributed by atoms with van der Waals surface area (Å²) in [5, 5.41) is 0.526. The summed E-state index contributed by atoms with van der Waals surface area (Å²) in [5.74, 6) is 0.0124. The summed E-state index contributed by atoms with van der Waals surface area (Å²) in [7, 11) is 2.00. The number of ether oxygens (including phenoxy) is 1. The molecule has 5 rings (SSSR count). The minimum atomic E-state index is -2.93. The van der Waals surface area contributed by atoms with Crippen molar-refractivity contribution in [1.29, 1.82) is 0 Å². The minimum Gasteiger partial charge on any atom is -0.430 e. The van der Waals surface area contributed by atoms with E-state index in [0.717, 1.165) is 16.9 Å². The number of morpholine rings is 1. The monoisotopic (exact) mass is 467 g/mol. The Kier molecular flexibility index (Phi) is 5.33. The molecule has 1 amide bonds. The quantitative estimate of drug-likeness (QED) is 0.486. The highest BCUT2D eigenvalue weighted by atomic mass is 32.4. The molecule has 0 spiro atoms. The smallest absolute Gasteiger partial charge is 0.287 e. The molecular formula is C24H26N3O3PS. The van der Waals surface area contributed by atoms with Gasteiger partial charge in [0.05, 0.1) is 13.2 Å². The van der Waals surface area contributed by atoms with Crippen LogP contribution in [-0.2, 0) is 31.3 Å². The van der Waals surface area contributed by atoms with E-state index in [2.05, 4.69) is 40.5 Å². The molecule has 0 saturated carbocycles. The Morgan fingerprint density at radius 3 is 2.38 bits per heavy atom. The Balaban J connectivity index is 1.74. The van der Waals surface area contributed by atoms with Gasteiger partial charge in [-0.2, -0.15) is 4.99 Å². The van der Waals surface area contributed by atoms with E-state index >= 15 is 0 Å². The molecular weight excluding hydrogens is 441 g/mol. The molecule has 3 heterocycles. The molecule has 0 radical (unpaired) electrons. The van der Waals surface area contributed by atoms with E-state index in [1.165, 1.54) is 5.56 Å². The third-order valence-electron chi connectivity index (χ3n) is 6.37. The van der Waals surface area contributed by atoms with Gasteiger partial charge in [-0.3, -0.25) is 4.79 Å². The Morgan fingerprint density at radius 2 is 1.69 bits per heavy atom. The predicted molar refractivity (Wildman–Crippen MR) is 131 cm³/mol. The van der Waals surface area contributed by atoms with Gasteiger partial charge < -0.3 is 14.2 Å². The maximum atomic E-state index is 13.8. The van der Waals surface area contributed by atoms with Crippen molar-refractivity contribution in [3.05, 3.63) is 76.7 Å². The number of allylic oxidation sites excluding steroid dienone is 1. The van der Waals surface area contributed by atoms with Crippen molar-refractivity contribution >= 4 is 35.7 Å². The van der Waals surface area contributed by atoms with Crippen LogP contribution < -0.4 is 4.90 Å². The van der Waals surface area contributed by atoms with E-state index in [1.807, 2.05) is 49.5 Å². The van der Waals surface area contributed by atoms with Crippen molar-refractivity contribution in [2.75, 3.05) is 38.3 Å². The molecule has 0 N–H and O–H groups in total. The Morgan fingerprint density at radius 1 is 1.03 bits per heavy atom. The summed E-state index contributed by atoms with van der Waals surface area (Å²) in [6.07, 6.45) is -2.93. The first-order chi connectivity index (χ1) is 15.3. The first-order valence-electron chi connectivity index (χ1n) is 10.7. The molecule has 3 aliphatic rings. The van der Waals surface area contributed by atoms with Crippen molar-refractivity contribution in [3.63, 3.8) is 0 Å². The van der Waals surface area contributed by atoms with Crippen molar-refractivity contribution in [3.8, 4) is 0 Å². The molecule has 0 aliphatic carbocycles. The molecule has 2 aromatic rings. The van der Waals surface area contributed by atoms with Gasteiger partial charge >= 0.3 is 0 Å². The number of nitrogens with zero attached hydrogens (tertiary/aromatic N) is 3.